The van der Waals surface area contributed by atoms with Crippen molar-refractivity contribution in [2.24, 2.45) is 5.73 Å². The van der Waals surface area contributed by atoms with Gasteiger partial charge in [-0.05, 0) is 20.8 Å². The topological polar surface area (TPSA) is 101 Å². The summed E-state index contributed by atoms with van der Waals surface area (Å²) in [6.45, 7) is 6.59. The highest BCUT2D eigenvalue weighted by atomic mass is 32.2. The van der Waals surface area contributed by atoms with Gasteiger partial charge in [-0.2, -0.15) is 9.40 Å². The molecule has 1 saturated heterocycles. The van der Waals surface area contributed by atoms with Crippen LogP contribution in [0.25, 0.3) is 0 Å². The largest absolute Gasteiger partial charge is 0.373 e. The Morgan fingerprint density at radius 1 is 1.53 bits per heavy atom. The molecule has 0 atom stereocenters. The highest BCUT2D eigenvalue weighted by Crippen LogP contribution is 2.26. The number of nitrogens with two attached hydrogens (primary N) is 1. The molecule has 7 nitrogen and oxygen atoms in total. The number of nitrogens with zero attached hydrogens (tertiary/aromatic N) is 2. The Kier molecular flexibility index (Phi) is 3.69. The van der Waals surface area contributed by atoms with E-state index in [1.54, 1.807) is 6.92 Å². The van der Waals surface area contributed by atoms with Crippen molar-refractivity contribution in [3.63, 3.8) is 0 Å². The first-order valence-electron chi connectivity index (χ1n) is 6.16. The lowest BCUT2D eigenvalue weighted by atomic mass is 10.1. The van der Waals surface area contributed by atoms with Gasteiger partial charge in [0.15, 0.2) is 0 Å². The number of morpholine rings is 1. The van der Waals surface area contributed by atoms with E-state index < -0.39 is 15.6 Å². The molecule has 1 aromatic rings. The number of H-pyrrole nitrogens is 1. The molecule has 0 aliphatic carbocycles. The van der Waals surface area contributed by atoms with Crippen molar-refractivity contribution in [1.82, 2.24) is 14.5 Å². The van der Waals surface area contributed by atoms with E-state index in [-0.39, 0.29) is 11.4 Å². The van der Waals surface area contributed by atoms with Gasteiger partial charge in [-0.3, -0.25) is 5.10 Å². The van der Waals surface area contributed by atoms with E-state index >= 15 is 0 Å². The summed E-state index contributed by atoms with van der Waals surface area (Å²) in [7, 11) is -3.58. The second-order valence-corrected chi connectivity index (χ2v) is 7.15. The molecular formula is C11H20N4O3S. The maximum absolute atomic E-state index is 12.7. The molecule has 3 N–H and O–H groups in total. The van der Waals surface area contributed by atoms with Crippen LogP contribution in [-0.2, 0) is 21.3 Å². The average Bonchev–Trinajstić information content (AvgIpc) is 2.69. The number of sulfonamides is 1. The van der Waals surface area contributed by atoms with Crippen molar-refractivity contribution in [3.05, 3.63) is 11.4 Å². The van der Waals surface area contributed by atoms with E-state index in [1.807, 2.05) is 13.8 Å². The van der Waals surface area contributed by atoms with E-state index in [0.717, 1.165) is 0 Å². The van der Waals surface area contributed by atoms with Crippen LogP contribution in [0.15, 0.2) is 4.90 Å². The van der Waals surface area contributed by atoms with Gasteiger partial charge in [0.1, 0.15) is 4.90 Å². The third-order valence-electron chi connectivity index (χ3n) is 3.14. The predicted molar refractivity (Wildman–Crippen MR) is 70.0 cm³/mol. The fourth-order valence-corrected chi connectivity index (χ4v) is 4.17. The lowest BCUT2D eigenvalue weighted by Gasteiger charge is -2.37. The number of aryl methyl sites for hydroxylation is 1. The normalized spacial score (nSPS) is 20.6. The summed E-state index contributed by atoms with van der Waals surface area (Å²) in [6.07, 6.45) is 0. The molecule has 19 heavy (non-hydrogen) atoms. The fourth-order valence-electron chi connectivity index (χ4n) is 2.26. The zero-order chi connectivity index (χ0) is 14.3. The van der Waals surface area contributed by atoms with E-state index in [4.69, 9.17) is 10.5 Å². The van der Waals surface area contributed by atoms with Crippen molar-refractivity contribution in [1.29, 1.82) is 0 Å². The Balaban J connectivity index is 2.39. The predicted octanol–water partition coefficient (Wildman–Crippen LogP) is -0.0237. The van der Waals surface area contributed by atoms with Crippen LogP contribution in [0.1, 0.15) is 25.2 Å². The van der Waals surface area contributed by atoms with Gasteiger partial charge in [0.2, 0.25) is 10.0 Å². The molecule has 0 unspecified atom stereocenters. The minimum atomic E-state index is -3.58. The van der Waals surface area contributed by atoms with Gasteiger partial charge in [-0.25, -0.2) is 8.42 Å². The molecular weight excluding hydrogens is 268 g/mol. The van der Waals surface area contributed by atoms with Crippen LogP contribution in [-0.4, -0.2) is 48.2 Å². The number of rotatable bonds is 3. The molecule has 0 amide bonds. The number of hydrogen-bond donors (Lipinski definition) is 2. The molecule has 0 aromatic carbocycles. The lowest BCUT2D eigenvalue weighted by molar-refractivity contribution is -0.0640. The van der Waals surface area contributed by atoms with Crippen molar-refractivity contribution < 1.29 is 13.2 Å². The van der Waals surface area contributed by atoms with Gasteiger partial charge < -0.3 is 10.5 Å². The van der Waals surface area contributed by atoms with Crippen molar-refractivity contribution in [2.75, 3.05) is 19.7 Å². The molecule has 0 spiro atoms. The molecule has 2 heterocycles. The van der Waals surface area contributed by atoms with Crippen LogP contribution in [0.3, 0.4) is 0 Å². The van der Waals surface area contributed by atoms with Crippen LogP contribution < -0.4 is 5.73 Å². The van der Waals surface area contributed by atoms with Crippen LogP contribution in [0.2, 0.25) is 0 Å². The van der Waals surface area contributed by atoms with E-state index in [1.165, 1.54) is 4.31 Å². The molecule has 0 bridgehead atoms. The third kappa shape index (κ3) is 2.66. The number of ether oxygens (including phenoxy) is 1. The standard InChI is InChI=1S/C11H20N4O3S/c1-8-10(9(6-12)14-13-8)19(16,17)15-4-5-18-11(2,3)7-15/h4-7,12H2,1-3H3,(H,13,14). The number of aromatic amines is 1. The quantitative estimate of drug-likeness (QED) is 0.813. The number of hydrogen-bond acceptors (Lipinski definition) is 5. The highest BCUT2D eigenvalue weighted by Gasteiger charge is 2.37. The smallest absolute Gasteiger partial charge is 0.246 e. The summed E-state index contributed by atoms with van der Waals surface area (Å²) in [5.41, 5.74) is 5.97. The second kappa shape index (κ2) is 4.86. The van der Waals surface area contributed by atoms with Crippen LogP contribution in [0.4, 0.5) is 0 Å². The molecule has 108 valence electrons. The van der Waals surface area contributed by atoms with E-state index in [0.29, 0.717) is 31.1 Å². The average molecular weight is 288 g/mol. The van der Waals surface area contributed by atoms with Gasteiger partial charge in [-0.15, -0.1) is 0 Å². The van der Waals surface area contributed by atoms with Crippen LogP contribution in [0, 0.1) is 6.92 Å². The maximum Gasteiger partial charge on any atom is 0.246 e. The van der Waals surface area contributed by atoms with Crippen molar-refractivity contribution >= 4 is 10.0 Å². The summed E-state index contributed by atoms with van der Waals surface area (Å²) in [6, 6.07) is 0. The zero-order valence-electron chi connectivity index (χ0n) is 11.4. The molecule has 1 fully saturated rings. The first-order valence-corrected chi connectivity index (χ1v) is 7.60. The Labute approximate surface area is 113 Å². The minimum Gasteiger partial charge on any atom is -0.373 e. The minimum absolute atomic E-state index is 0.0899. The Hall–Kier alpha value is -0.960. The Morgan fingerprint density at radius 3 is 2.79 bits per heavy atom. The van der Waals surface area contributed by atoms with Crippen LogP contribution in [0.5, 0.6) is 0 Å². The van der Waals surface area contributed by atoms with Gasteiger partial charge in [0, 0.05) is 19.6 Å². The zero-order valence-corrected chi connectivity index (χ0v) is 12.2. The summed E-state index contributed by atoms with van der Waals surface area (Å²) in [5, 5.41) is 6.63. The number of nitrogens with one attached hydrogen (secondary N) is 1. The Bertz CT molecular complexity index is 564. The SMILES string of the molecule is Cc1[nH]nc(CN)c1S(=O)(=O)N1CCOC(C)(C)C1. The molecule has 0 radical (unpaired) electrons. The van der Waals surface area contributed by atoms with Gasteiger partial charge in [0.25, 0.3) is 0 Å². The first kappa shape index (κ1) is 14.4. The lowest BCUT2D eigenvalue weighted by Crippen LogP contribution is -2.50. The molecule has 1 aliphatic heterocycles. The monoisotopic (exact) mass is 288 g/mol. The molecule has 1 aliphatic rings. The summed E-state index contributed by atoms with van der Waals surface area (Å²) in [4.78, 5) is 0.202. The first-order chi connectivity index (χ1) is 8.78. The molecule has 0 saturated carbocycles. The molecule has 2 rings (SSSR count). The van der Waals surface area contributed by atoms with Crippen molar-refractivity contribution in [3.8, 4) is 0 Å². The van der Waals surface area contributed by atoms with Crippen molar-refractivity contribution in [2.45, 2.75) is 37.8 Å². The van der Waals surface area contributed by atoms with Gasteiger partial charge in [0.05, 0.1) is 23.6 Å². The fraction of sp³-hybridized carbons (Fsp3) is 0.727. The molecule has 1 aromatic heterocycles. The van der Waals surface area contributed by atoms with Crippen LogP contribution >= 0.6 is 0 Å². The highest BCUT2D eigenvalue weighted by molar-refractivity contribution is 7.89. The molecule has 8 heteroatoms. The van der Waals surface area contributed by atoms with E-state index in [2.05, 4.69) is 10.2 Å². The van der Waals surface area contributed by atoms with Gasteiger partial charge >= 0.3 is 0 Å². The maximum atomic E-state index is 12.7. The second-order valence-electron chi connectivity index (χ2n) is 5.28. The number of aromatic nitrogens is 2. The summed E-state index contributed by atoms with van der Waals surface area (Å²) < 4.78 is 32.4. The van der Waals surface area contributed by atoms with E-state index in [9.17, 15) is 8.42 Å². The third-order valence-corrected chi connectivity index (χ3v) is 5.19. The van der Waals surface area contributed by atoms with Gasteiger partial charge in [-0.1, -0.05) is 0 Å². The summed E-state index contributed by atoms with van der Waals surface area (Å²) in [5.74, 6) is 0. The Morgan fingerprint density at radius 2 is 2.21 bits per heavy atom. The summed E-state index contributed by atoms with van der Waals surface area (Å²) >= 11 is 0.